The zero-order valence-electron chi connectivity index (χ0n) is 18.5. The highest BCUT2D eigenvalue weighted by molar-refractivity contribution is 5.89. The number of hydrogen-bond acceptors (Lipinski definition) is 5. The van der Waals surface area contributed by atoms with E-state index in [2.05, 4.69) is 26.0 Å². The Bertz CT molecular complexity index is 1320. The van der Waals surface area contributed by atoms with Gasteiger partial charge >= 0.3 is 6.03 Å². The average molecular weight is 466 g/mol. The summed E-state index contributed by atoms with van der Waals surface area (Å²) < 4.78 is 27.9. The van der Waals surface area contributed by atoms with Gasteiger partial charge < -0.3 is 21.1 Å². The monoisotopic (exact) mass is 466 g/mol. The molecule has 34 heavy (non-hydrogen) atoms. The smallest absolute Gasteiger partial charge is 0.319 e. The molecule has 0 atom stereocenters. The first-order chi connectivity index (χ1) is 16.4. The molecule has 0 fully saturated rings. The van der Waals surface area contributed by atoms with Crippen LogP contribution in [0.15, 0.2) is 54.7 Å². The molecule has 0 saturated heterocycles. The van der Waals surface area contributed by atoms with Crippen LogP contribution in [0.1, 0.15) is 18.4 Å². The van der Waals surface area contributed by atoms with Gasteiger partial charge in [0.2, 0.25) is 0 Å². The Balaban J connectivity index is 1.31. The lowest BCUT2D eigenvalue weighted by Crippen LogP contribution is -2.29. The molecule has 0 bridgehead atoms. The van der Waals surface area contributed by atoms with Crippen molar-refractivity contribution in [1.82, 2.24) is 19.9 Å². The van der Waals surface area contributed by atoms with Gasteiger partial charge in [0.15, 0.2) is 17.3 Å². The SMILES string of the molecule is Cc1cnn2c(NCCCCNC(=O)Nc3ccc(F)c(F)c3)cc(-c3ccccc3O)nc12. The van der Waals surface area contributed by atoms with Gasteiger partial charge in [0.05, 0.1) is 11.9 Å². The number of benzene rings is 2. The molecule has 176 valence electrons. The van der Waals surface area contributed by atoms with Gasteiger partial charge in [-0.25, -0.2) is 18.6 Å². The lowest BCUT2D eigenvalue weighted by atomic mass is 10.1. The largest absolute Gasteiger partial charge is 0.507 e. The first kappa shape index (κ1) is 23.0. The summed E-state index contributed by atoms with van der Waals surface area (Å²) in [6, 6.07) is 11.5. The number of carbonyl (C=O) groups excluding carboxylic acids is 1. The van der Waals surface area contributed by atoms with Gasteiger partial charge in [0.1, 0.15) is 11.6 Å². The lowest BCUT2D eigenvalue weighted by Gasteiger charge is -2.12. The third-order valence-electron chi connectivity index (χ3n) is 5.20. The number of phenolic OH excluding ortho intramolecular Hbond substituents is 1. The van der Waals surface area contributed by atoms with Crippen LogP contribution in [0.25, 0.3) is 16.9 Å². The highest BCUT2D eigenvalue weighted by atomic mass is 19.2. The van der Waals surface area contributed by atoms with Crippen LogP contribution in [0.4, 0.5) is 25.1 Å². The Kier molecular flexibility index (Phi) is 6.86. The predicted octanol–water partition coefficient (Wildman–Crippen LogP) is 4.70. The fraction of sp³-hybridized carbons (Fsp3) is 0.208. The van der Waals surface area contributed by atoms with Crippen LogP contribution < -0.4 is 16.0 Å². The molecular weight excluding hydrogens is 442 g/mol. The van der Waals surface area contributed by atoms with Crippen LogP contribution in [0.5, 0.6) is 5.75 Å². The third-order valence-corrected chi connectivity index (χ3v) is 5.20. The van der Waals surface area contributed by atoms with E-state index in [4.69, 9.17) is 0 Å². The first-order valence-corrected chi connectivity index (χ1v) is 10.8. The van der Waals surface area contributed by atoms with Crippen molar-refractivity contribution < 1.29 is 18.7 Å². The van der Waals surface area contributed by atoms with E-state index in [-0.39, 0.29) is 11.4 Å². The number of rotatable bonds is 8. The van der Waals surface area contributed by atoms with Crippen molar-refractivity contribution in [2.75, 3.05) is 23.7 Å². The van der Waals surface area contributed by atoms with Crippen molar-refractivity contribution >= 4 is 23.2 Å². The molecule has 0 radical (unpaired) electrons. The summed E-state index contributed by atoms with van der Waals surface area (Å²) >= 11 is 0. The van der Waals surface area contributed by atoms with Crippen LogP contribution in [-0.4, -0.2) is 38.8 Å². The van der Waals surface area contributed by atoms with Crippen LogP contribution in [-0.2, 0) is 0 Å². The molecule has 8 nitrogen and oxygen atoms in total. The number of halogens is 2. The fourth-order valence-electron chi connectivity index (χ4n) is 3.44. The number of hydrogen-bond donors (Lipinski definition) is 4. The van der Waals surface area contributed by atoms with Gasteiger partial charge in [-0.15, -0.1) is 0 Å². The van der Waals surface area contributed by atoms with E-state index in [0.29, 0.717) is 36.4 Å². The van der Waals surface area contributed by atoms with Crippen molar-refractivity contribution in [3.8, 4) is 17.0 Å². The number of nitrogens with zero attached hydrogens (tertiary/aromatic N) is 3. The summed E-state index contributed by atoms with van der Waals surface area (Å²) in [6.07, 6.45) is 3.18. The fourth-order valence-corrected chi connectivity index (χ4v) is 3.44. The van der Waals surface area contributed by atoms with Crippen molar-refractivity contribution in [1.29, 1.82) is 0 Å². The van der Waals surface area contributed by atoms with E-state index in [9.17, 15) is 18.7 Å². The Morgan fingerprint density at radius 2 is 1.85 bits per heavy atom. The van der Waals surface area contributed by atoms with Gasteiger partial charge in [-0.05, 0) is 44.0 Å². The molecular formula is C24H24F2N6O2. The van der Waals surface area contributed by atoms with Gasteiger partial charge in [-0.3, -0.25) is 0 Å². The number of aryl methyl sites for hydroxylation is 1. The molecule has 4 rings (SSSR count). The predicted molar refractivity (Wildman–Crippen MR) is 126 cm³/mol. The molecule has 0 saturated carbocycles. The van der Waals surface area contributed by atoms with Crippen LogP contribution in [0, 0.1) is 18.6 Å². The number of unbranched alkanes of at least 4 members (excludes halogenated alkanes) is 1. The summed E-state index contributed by atoms with van der Waals surface area (Å²) in [5, 5.41) is 23.1. The van der Waals surface area contributed by atoms with Crippen molar-refractivity contribution in [2.45, 2.75) is 19.8 Å². The van der Waals surface area contributed by atoms with Gasteiger partial charge in [0.25, 0.3) is 0 Å². The minimum absolute atomic E-state index is 0.148. The number of amides is 2. The molecule has 2 amide bonds. The molecule has 2 aromatic heterocycles. The second-order valence-corrected chi connectivity index (χ2v) is 7.75. The number of phenols is 1. The minimum Gasteiger partial charge on any atom is -0.507 e. The summed E-state index contributed by atoms with van der Waals surface area (Å²) in [7, 11) is 0. The Labute approximate surface area is 194 Å². The standard InChI is InChI=1S/C24H24F2N6O2/c1-15-14-29-32-22(13-20(31-23(15)32)17-6-2-3-7-21(17)33)27-10-4-5-11-28-24(34)30-16-8-9-18(25)19(26)12-16/h2-3,6-9,12-14,27,33H,4-5,10-11H2,1H3,(H2,28,30,34). The molecule has 2 heterocycles. The van der Waals surface area contributed by atoms with Crippen molar-refractivity contribution in [2.24, 2.45) is 0 Å². The Morgan fingerprint density at radius 1 is 1.06 bits per heavy atom. The molecule has 0 spiro atoms. The second kappa shape index (κ2) is 10.2. The quantitative estimate of drug-likeness (QED) is 0.282. The molecule has 2 aromatic carbocycles. The second-order valence-electron chi connectivity index (χ2n) is 7.75. The van der Waals surface area contributed by atoms with E-state index >= 15 is 0 Å². The van der Waals surface area contributed by atoms with Crippen LogP contribution in [0.3, 0.4) is 0 Å². The molecule has 4 N–H and O–H groups in total. The third kappa shape index (κ3) is 5.22. The minimum atomic E-state index is -1.02. The number of aromatic hydroxyl groups is 1. The van der Waals surface area contributed by atoms with E-state index in [1.54, 1.807) is 28.9 Å². The molecule has 4 aromatic rings. The summed E-state index contributed by atoms with van der Waals surface area (Å²) in [5.41, 5.74) is 3.04. The maximum atomic E-state index is 13.2. The lowest BCUT2D eigenvalue weighted by molar-refractivity contribution is 0.252. The number of carbonyl (C=O) groups is 1. The maximum absolute atomic E-state index is 13.2. The molecule has 0 aliphatic carbocycles. The zero-order valence-corrected chi connectivity index (χ0v) is 18.5. The topological polar surface area (TPSA) is 104 Å². The van der Waals surface area contributed by atoms with Gasteiger partial charge in [0, 0.05) is 42.0 Å². The van der Waals surface area contributed by atoms with Gasteiger partial charge in [-0.1, -0.05) is 12.1 Å². The number of aromatic nitrogens is 3. The average Bonchev–Trinajstić information content (AvgIpc) is 3.19. The van der Waals surface area contributed by atoms with Crippen LogP contribution in [0.2, 0.25) is 0 Å². The van der Waals surface area contributed by atoms with E-state index in [1.165, 1.54) is 6.07 Å². The highest BCUT2D eigenvalue weighted by Crippen LogP contribution is 2.30. The van der Waals surface area contributed by atoms with Gasteiger partial charge in [-0.2, -0.15) is 9.61 Å². The van der Waals surface area contributed by atoms with Crippen molar-refractivity contribution in [3.05, 3.63) is 71.9 Å². The number of nitrogens with one attached hydrogen (secondary N) is 3. The van der Waals surface area contributed by atoms with Crippen LogP contribution >= 0.6 is 0 Å². The highest BCUT2D eigenvalue weighted by Gasteiger charge is 2.13. The molecule has 0 unspecified atom stereocenters. The van der Waals surface area contributed by atoms with E-state index in [1.807, 2.05) is 19.1 Å². The zero-order chi connectivity index (χ0) is 24.1. The number of anilines is 2. The Morgan fingerprint density at radius 3 is 2.65 bits per heavy atom. The summed E-state index contributed by atoms with van der Waals surface area (Å²) in [4.78, 5) is 16.6. The van der Waals surface area contributed by atoms with Crippen molar-refractivity contribution in [3.63, 3.8) is 0 Å². The summed E-state index contributed by atoms with van der Waals surface area (Å²) in [6.45, 7) is 2.95. The number of urea groups is 1. The van der Waals surface area contributed by atoms with E-state index in [0.717, 1.165) is 29.9 Å². The molecule has 10 heteroatoms. The first-order valence-electron chi connectivity index (χ1n) is 10.8. The Hall–Kier alpha value is -4.21. The molecule has 0 aliphatic heterocycles. The molecule has 0 aliphatic rings. The number of fused-ring (bicyclic) bond motifs is 1. The summed E-state index contributed by atoms with van der Waals surface area (Å²) in [5.74, 6) is -1.11. The number of para-hydroxylation sites is 1. The normalized spacial score (nSPS) is 10.9. The maximum Gasteiger partial charge on any atom is 0.319 e. The van der Waals surface area contributed by atoms with E-state index < -0.39 is 17.7 Å².